The smallest absolute Gasteiger partial charge is 0.150 e. The molecule has 0 bridgehead atoms. The van der Waals surface area contributed by atoms with E-state index in [2.05, 4.69) is 33.0 Å². The molecule has 3 atom stereocenters. The van der Waals surface area contributed by atoms with E-state index in [9.17, 15) is 8.42 Å². The van der Waals surface area contributed by atoms with Gasteiger partial charge in [0.2, 0.25) is 0 Å². The van der Waals surface area contributed by atoms with Gasteiger partial charge in [-0.1, -0.05) is 13.3 Å². The fourth-order valence-corrected chi connectivity index (χ4v) is 4.09. The van der Waals surface area contributed by atoms with E-state index in [0.29, 0.717) is 12.5 Å². The number of hydrogen-bond donors (Lipinski definition) is 1. The fourth-order valence-electron chi connectivity index (χ4n) is 2.90. The zero-order valence-electron chi connectivity index (χ0n) is 13.6. The third kappa shape index (κ3) is 6.10. The molecule has 1 N–H and O–H groups in total. The van der Waals surface area contributed by atoms with Gasteiger partial charge < -0.3 is 10.1 Å². The molecule has 0 spiro atoms. The molecule has 1 fully saturated rings. The molecule has 1 saturated carbocycles. The Kier molecular flexibility index (Phi) is 6.48. The molecular weight excluding hydrogens is 274 g/mol. The molecule has 0 aliphatic heterocycles. The van der Waals surface area contributed by atoms with Gasteiger partial charge in [-0.2, -0.15) is 0 Å². The zero-order valence-corrected chi connectivity index (χ0v) is 14.4. The maximum absolute atomic E-state index is 11.8. The van der Waals surface area contributed by atoms with Gasteiger partial charge in [-0.25, -0.2) is 8.42 Å². The average molecular weight is 305 g/mol. The summed E-state index contributed by atoms with van der Waals surface area (Å²) in [5.41, 5.74) is -0.154. The zero-order chi connectivity index (χ0) is 15.4. The van der Waals surface area contributed by atoms with Gasteiger partial charge in [0.05, 0.1) is 17.5 Å². The molecule has 3 unspecified atom stereocenters. The monoisotopic (exact) mass is 305 g/mol. The first-order valence-corrected chi connectivity index (χ1v) is 9.65. The minimum atomic E-state index is -2.92. The highest BCUT2D eigenvalue weighted by atomic mass is 32.2. The fraction of sp³-hybridized carbons (Fsp3) is 1.00. The minimum absolute atomic E-state index is 0.154. The lowest BCUT2D eigenvalue weighted by molar-refractivity contribution is -0.0243. The molecule has 1 rings (SSSR count). The first-order chi connectivity index (χ1) is 9.13. The van der Waals surface area contributed by atoms with Crippen molar-refractivity contribution in [2.75, 3.05) is 19.4 Å². The van der Waals surface area contributed by atoms with Crippen LogP contribution in [0.25, 0.3) is 0 Å². The largest absolute Gasteiger partial charge is 0.374 e. The molecule has 120 valence electrons. The maximum atomic E-state index is 11.8. The van der Waals surface area contributed by atoms with Gasteiger partial charge >= 0.3 is 0 Å². The van der Waals surface area contributed by atoms with E-state index in [1.807, 2.05) is 0 Å². The molecule has 1 aliphatic carbocycles. The first-order valence-electron chi connectivity index (χ1n) is 7.69. The number of sulfone groups is 1. The summed E-state index contributed by atoms with van der Waals surface area (Å²) in [7, 11) is -2.92. The second-order valence-electron chi connectivity index (χ2n) is 6.97. The van der Waals surface area contributed by atoms with Gasteiger partial charge in [0.1, 0.15) is 9.84 Å². The van der Waals surface area contributed by atoms with E-state index < -0.39 is 9.84 Å². The third-order valence-corrected chi connectivity index (χ3v) is 5.64. The summed E-state index contributed by atoms with van der Waals surface area (Å²) >= 11 is 0. The Morgan fingerprint density at radius 1 is 1.30 bits per heavy atom. The second kappa shape index (κ2) is 7.23. The standard InChI is InChI=1S/C15H31NO3S/c1-6-16-14(11-19-15(2,3)4)12-8-7-9-13(10-12)20(5,17)18/h12-14,16H,6-11H2,1-5H3. The minimum Gasteiger partial charge on any atom is -0.374 e. The molecule has 0 aromatic carbocycles. The van der Waals surface area contributed by atoms with Crippen molar-refractivity contribution in [3.63, 3.8) is 0 Å². The molecule has 5 heteroatoms. The lowest BCUT2D eigenvalue weighted by Gasteiger charge is -2.35. The molecule has 0 radical (unpaired) electrons. The average Bonchev–Trinajstić information content (AvgIpc) is 2.32. The van der Waals surface area contributed by atoms with Crippen molar-refractivity contribution in [2.45, 2.75) is 70.3 Å². The molecule has 0 amide bonds. The van der Waals surface area contributed by atoms with E-state index in [1.54, 1.807) is 0 Å². The Bertz CT molecular complexity index is 386. The van der Waals surface area contributed by atoms with Crippen molar-refractivity contribution in [2.24, 2.45) is 5.92 Å². The molecule has 4 nitrogen and oxygen atoms in total. The van der Waals surface area contributed by atoms with Crippen LogP contribution in [0.3, 0.4) is 0 Å². The highest BCUT2D eigenvalue weighted by Gasteiger charge is 2.33. The van der Waals surface area contributed by atoms with Gasteiger partial charge in [0.25, 0.3) is 0 Å². The number of rotatable bonds is 6. The van der Waals surface area contributed by atoms with Crippen LogP contribution < -0.4 is 5.32 Å². The van der Waals surface area contributed by atoms with Crippen molar-refractivity contribution in [1.82, 2.24) is 5.32 Å². The van der Waals surface area contributed by atoms with E-state index in [4.69, 9.17) is 4.74 Å². The van der Waals surface area contributed by atoms with Crippen LogP contribution in [0.4, 0.5) is 0 Å². The molecule has 0 heterocycles. The van der Waals surface area contributed by atoms with Gasteiger partial charge in [0.15, 0.2) is 0 Å². The lowest BCUT2D eigenvalue weighted by Crippen LogP contribution is -2.45. The van der Waals surface area contributed by atoms with E-state index in [-0.39, 0.29) is 16.9 Å². The van der Waals surface area contributed by atoms with E-state index >= 15 is 0 Å². The van der Waals surface area contributed by atoms with Crippen LogP contribution in [0.5, 0.6) is 0 Å². The van der Waals surface area contributed by atoms with E-state index in [1.165, 1.54) is 6.26 Å². The van der Waals surface area contributed by atoms with E-state index in [0.717, 1.165) is 32.2 Å². The predicted molar refractivity (Wildman–Crippen MR) is 83.8 cm³/mol. The summed E-state index contributed by atoms with van der Waals surface area (Å²) in [5, 5.41) is 3.31. The molecule has 0 aromatic rings. The normalized spacial score (nSPS) is 26.4. The molecule has 0 aromatic heterocycles. The van der Waals surface area contributed by atoms with Crippen LogP contribution >= 0.6 is 0 Å². The van der Waals surface area contributed by atoms with Gasteiger partial charge in [0, 0.05) is 12.3 Å². The van der Waals surface area contributed by atoms with Gasteiger partial charge in [-0.3, -0.25) is 0 Å². The highest BCUT2D eigenvalue weighted by Crippen LogP contribution is 2.31. The van der Waals surface area contributed by atoms with Crippen molar-refractivity contribution >= 4 is 9.84 Å². The highest BCUT2D eigenvalue weighted by molar-refractivity contribution is 7.91. The SMILES string of the molecule is CCNC(COC(C)(C)C)C1CCCC(S(C)(=O)=O)C1. The summed E-state index contributed by atoms with van der Waals surface area (Å²) in [6.45, 7) is 9.78. The van der Waals surface area contributed by atoms with Crippen molar-refractivity contribution in [3.05, 3.63) is 0 Å². The van der Waals surface area contributed by atoms with Crippen LogP contribution in [-0.4, -0.2) is 44.7 Å². The summed E-state index contributed by atoms with van der Waals surface area (Å²) in [6, 6.07) is 0.253. The maximum Gasteiger partial charge on any atom is 0.150 e. The van der Waals surface area contributed by atoms with Crippen molar-refractivity contribution in [3.8, 4) is 0 Å². The van der Waals surface area contributed by atoms with Gasteiger partial charge in [-0.15, -0.1) is 0 Å². The Morgan fingerprint density at radius 3 is 2.45 bits per heavy atom. The quantitative estimate of drug-likeness (QED) is 0.818. The van der Waals surface area contributed by atoms with Crippen LogP contribution in [0.15, 0.2) is 0 Å². The topological polar surface area (TPSA) is 55.4 Å². The lowest BCUT2D eigenvalue weighted by atomic mass is 9.83. The molecule has 20 heavy (non-hydrogen) atoms. The third-order valence-electron chi connectivity index (χ3n) is 4.00. The summed E-state index contributed by atoms with van der Waals surface area (Å²) in [6.07, 6.45) is 5.04. The number of likely N-dealkylation sites (N-methyl/N-ethyl adjacent to an activating group) is 1. The molecule has 0 saturated heterocycles. The van der Waals surface area contributed by atoms with Crippen LogP contribution in [-0.2, 0) is 14.6 Å². The molecule has 1 aliphatic rings. The number of ether oxygens (including phenoxy) is 1. The summed E-state index contributed by atoms with van der Waals surface area (Å²) < 4.78 is 29.5. The summed E-state index contributed by atoms with van der Waals surface area (Å²) in [5.74, 6) is 0.394. The van der Waals surface area contributed by atoms with Crippen molar-refractivity contribution < 1.29 is 13.2 Å². The van der Waals surface area contributed by atoms with Crippen LogP contribution in [0, 0.1) is 5.92 Å². The Hall–Kier alpha value is -0.130. The van der Waals surface area contributed by atoms with Crippen LogP contribution in [0.2, 0.25) is 0 Å². The Labute approximate surface area is 124 Å². The Morgan fingerprint density at radius 2 is 1.95 bits per heavy atom. The van der Waals surface area contributed by atoms with Gasteiger partial charge in [-0.05, 0) is 52.5 Å². The number of hydrogen-bond acceptors (Lipinski definition) is 4. The first kappa shape index (κ1) is 17.9. The van der Waals surface area contributed by atoms with Crippen molar-refractivity contribution in [1.29, 1.82) is 0 Å². The predicted octanol–water partition coefficient (Wildman–Crippen LogP) is 2.38. The second-order valence-corrected chi connectivity index (χ2v) is 9.29. The Balaban J connectivity index is 2.66. The summed E-state index contributed by atoms with van der Waals surface area (Å²) in [4.78, 5) is 0. The van der Waals surface area contributed by atoms with Crippen LogP contribution in [0.1, 0.15) is 53.4 Å². The number of nitrogens with one attached hydrogen (secondary N) is 1. The molecular formula is C15H31NO3S.